The molecule has 1 saturated heterocycles. The van der Waals surface area contributed by atoms with E-state index >= 15 is 0 Å². The second kappa shape index (κ2) is 8.23. The molecule has 0 unspecified atom stereocenters. The van der Waals surface area contributed by atoms with Crippen LogP contribution in [0.5, 0.6) is 0 Å². The molecule has 0 aliphatic carbocycles. The summed E-state index contributed by atoms with van der Waals surface area (Å²) in [6.07, 6.45) is 0.958. The Kier molecular flexibility index (Phi) is 6.28. The normalized spacial score (nSPS) is 16.7. The van der Waals surface area contributed by atoms with Crippen LogP contribution in [0.2, 0.25) is 0 Å². The molecule has 0 bridgehead atoms. The van der Waals surface area contributed by atoms with Crippen LogP contribution in [0.15, 0.2) is 18.2 Å². The largest absolute Gasteiger partial charge is 0.377 e. The molecule has 0 saturated carbocycles. The lowest BCUT2D eigenvalue weighted by molar-refractivity contribution is -0.127. The molecule has 0 radical (unpaired) electrons. The molecule has 1 N–H and O–H groups in total. The van der Waals surface area contributed by atoms with E-state index in [1.54, 1.807) is 11.8 Å². The van der Waals surface area contributed by atoms with Gasteiger partial charge in [0.25, 0.3) is 0 Å². The van der Waals surface area contributed by atoms with Crippen molar-refractivity contribution in [3.8, 4) is 0 Å². The SMILES string of the molecule is CC(=O)N1CC[C@@H](CN(C)C(=O)NCc2ccc(C)cc2N(C)C)C1. The summed E-state index contributed by atoms with van der Waals surface area (Å²) in [6.45, 7) is 6.38. The van der Waals surface area contributed by atoms with E-state index in [1.165, 1.54) is 5.56 Å². The van der Waals surface area contributed by atoms with Crippen molar-refractivity contribution in [3.63, 3.8) is 0 Å². The molecule has 1 atom stereocenters. The molecule has 0 spiro atoms. The molecule has 3 amide bonds. The molecule has 1 fully saturated rings. The quantitative estimate of drug-likeness (QED) is 0.888. The first-order chi connectivity index (χ1) is 11.8. The van der Waals surface area contributed by atoms with Crippen molar-refractivity contribution in [2.45, 2.75) is 26.8 Å². The fourth-order valence-corrected chi connectivity index (χ4v) is 3.28. The Morgan fingerprint density at radius 1 is 1.28 bits per heavy atom. The molecule has 2 rings (SSSR count). The average molecular weight is 346 g/mol. The van der Waals surface area contributed by atoms with Gasteiger partial charge in [0.2, 0.25) is 5.91 Å². The van der Waals surface area contributed by atoms with Crippen LogP contribution < -0.4 is 10.2 Å². The molecular weight excluding hydrogens is 316 g/mol. The number of carbonyl (C=O) groups is 2. The number of rotatable bonds is 5. The van der Waals surface area contributed by atoms with Gasteiger partial charge in [-0.15, -0.1) is 0 Å². The van der Waals surface area contributed by atoms with Gasteiger partial charge in [-0.3, -0.25) is 4.79 Å². The van der Waals surface area contributed by atoms with E-state index in [-0.39, 0.29) is 11.9 Å². The second-order valence-electron chi connectivity index (χ2n) is 7.19. The molecule has 6 heteroatoms. The molecule has 1 aliphatic heterocycles. The molecule has 1 aromatic carbocycles. The van der Waals surface area contributed by atoms with Gasteiger partial charge in [-0.05, 0) is 36.5 Å². The minimum absolute atomic E-state index is 0.0773. The third kappa shape index (κ3) is 5.11. The van der Waals surface area contributed by atoms with Gasteiger partial charge in [-0.2, -0.15) is 0 Å². The Morgan fingerprint density at radius 2 is 2.00 bits per heavy atom. The maximum absolute atomic E-state index is 12.4. The number of carbonyl (C=O) groups excluding carboxylic acids is 2. The second-order valence-corrected chi connectivity index (χ2v) is 7.19. The average Bonchev–Trinajstić information content (AvgIpc) is 3.01. The predicted molar refractivity (Wildman–Crippen MR) is 101 cm³/mol. The smallest absolute Gasteiger partial charge is 0.317 e. The summed E-state index contributed by atoms with van der Waals surface area (Å²) >= 11 is 0. The van der Waals surface area contributed by atoms with Crippen molar-refractivity contribution >= 4 is 17.6 Å². The van der Waals surface area contributed by atoms with E-state index in [4.69, 9.17) is 0 Å². The molecule has 1 aliphatic rings. The maximum atomic E-state index is 12.4. The lowest BCUT2D eigenvalue weighted by atomic mass is 10.1. The van der Waals surface area contributed by atoms with Crippen LogP contribution in [-0.2, 0) is 11.3 Å². The third-order valence-electron chi connectivity index (χ3n) is 4.76. The van der Waals surface area contributed by atoms with Crippen LogP contribution in [0.4, 0.5) is 10.5 Å². The summed E-state index contributed by atoms with van der Waals surface area (Å²) in [4.78, 5) is 29.4. The summed E-state index contributed by atoms with van der Waals surface area (Å²) in [6, 6.07) is 6.17. The van der Waals surface area contributed by atoms with Gasteiger partial charge in [0, 0.05) is 59.9 Å². The predicted octanol–water partition coefficient (Wildman–Crippen LogP) is 2.07. The Labute approximate surface area is 150 Å². The first-order valence-electron chi connectivity index (χ1n) is 8.79. The van der Waals surface area contributed by atoms with Crippen LogP contribution in [0.3, 0.4) is 0 Å². The number of amides is 3. The number of aryl methyl sites for hydroxylation is 1. The van der Waals surface area contributed by atoms with Gasteiger partial charge in [-0.25, -0.2) is 4.79 Å². The van der Waals surface area contributed by atoms with Crippen molar-refractivity contribution in [3.05, 3.63) is 29.3 Å². The molecule has 1 heterocycles. The summed E-state index contributed by atoms with van der Waals surface area (Å²) in [5, 5.41) is 3.00. The highest BCUT2D eigenvalue weighted by atomic mass is 16.2. The molecule has 1 aromatic rings. The standard InChI is InChI=1S/C19H30N4O2/c1-14-6-7-17(18(10-14)21(3)4)11-20-19(25)22(5)12-16-8-9-23(13-16)15(2)24/h6-7,10,16H,8-9,11-13H2,1-5H3,(H,20,25)/t16-/m0/s1. The number of nitrogens with zero attached hydrogens (tertiary/aromatic N) is 3. The van der Waals surface area contributed by atoms with Gasteiger partial charge >= 0.3 is 6.03 Å². The van der Waals surface area contributed by atoms with Gasteiger partial charge < -0.3 is 20.0 Å². The number of nitrogens with one attached hydrogen (secondary N) is 1. The summed E-state index contributed by atoms with van der Waals surface area (Å²) in [7, 11) is 5.83. The van der Waals surface area contributed by atoms with Gasteiger partial charge in [0.1, 0.15) is 0 Å². The molecule has 6 nitrogen and oxygen atoms in total. The van der Waals surface area contributed by atoms with Crippen LogP contribution in [-0.4, -0.2) is 62.5 Å². The molecule has 0 aromatic heterocycles. The first-order valence-corrected chi connectivity index (χ1v) is 8.79. The molecule has 138 valence electrons. The fraction of sp³-hybridized carbons (Fsp3) is 0.579. The van der Waals surface area contributed by atoms with Crippen molar-refractivity contribution in [2.75, 3.05) is 45.7 Å². The zero-order valence-electron chi connectivity index (χ0n) is 16.0. The third-order valence-corrected chi connectivity index (χ3v) is 4.76. The minimum Gasteiger partial charge on any atom is -0.377 e. The number of hydrogen-bond donors (Lipinski definition) is 1. The number of anilines is 1. The van der Waals surface area contributed by atoms with Gasteiger partial charge in [0.05, 0.1) is 0 Å². The maximum Gasteiger partial charge on any atom is 0.317 e. The highest BCUT2D eigenvalue weighted by Crippen LogP contribution is 2.20. The molecule has 25 heavy (non-hydrogen) atoms. The minimum atomic E-state index is -0.0773. The van der Waals surface area contributed by atoms with Gasteiger partial charge in [-0.1, -0.05) is 12.1 Å². The van der Waals surface area contributed by atoms with E-state index in [9.17, 15) is 9.59 Å². The van der Waals surface area contributed by atoms with Crippen molar-refractivity contribution in [2.24, 2.45) is 5.92 Å². The van der Waals surface area contributed by atoms with Crippen molar-refractivity contribution in [1.82, 2.24) is 15.1 Å². The molecular formula is C19H30N4O2. The Balaban J connectivity index is 1.87. The number of likely N-dealkylation sites (tertiary alicyclic amines) is 1. The Bertz CT molecular complexity index is 630. The topological polar surface area (TPSA) is 55.9 Å². The zero-order valence-corrected chi connectivity index (χ0v) is 16.0. The van der Waals surface area contributed by atoms with Gasteiger partial charge in [0.15, 0.2) is 0 Å². The number of hydrogen-bond acceptors (Lipinski definition) is 3. The Hall–Kier alpha value is -2.24. The van der Waals surface area contributed by atoms with Crippen LogP contribution >= 0.6 is 0 Å². The first kappa shape index (κ1) is 19.1. The highest BCUT2D eigenvalue weighted by molar-refractivity contribution is 5.74. The number of urea groups is 1. The van der Waals surface area contributed by atoms with E-state index < -0.39 is 0 Å². The lowest BCUT2D eigenvalue weighted by Gasteiger charge is -2.23. The van der Waals surface area contributed by atoms with Crippen LogP contribution in [0.1, 0.15) is 24.5 Å². The monoisotopic (exact) mass is 346 g/mol. The lowest BCUT2D eigenvalue weighted by Crippen LogP contribution is -2.40. The Morgan fingerprint density at radius 3 is 2.60 bits per heavy atom. The number of benzene rings is 1. The summed E-state index contributed by atoms with van der Waals surface area (Å²) in [5.74, 6) is 0.474. The zero-order chi connectivity index (χ0) is 18.6. The van der Waals surface area contributed by atoms with E-state index in [2.05, 4.69) is 35.3 Å². The van der Waals surface area contributed by atoms with Crippen molar-refractivity contribution in [1.29, 1.82) is 0 Å². The van der Waals surface area contributed by atoms with Crippen LogP contribution in [0, 0.1) is 12.8 Å². The highest BCUT2D eigenvalue weighted by Gasteiger charge is 2.26. The van der Waals surface area contributed by atoms with Crippen molar-refractivity contribution < 1.29 is 9.59 Å². The van der Waals surface area contributed by atoms with E-state index in [1.807, 2.05) is 26.0 Å². The van der Waals surface area contributed by atoms with E-state index in [0.717, 1.165) is 30.8 Å². The van der Waals surface area contributed by atoms with E-state index in [0.29, 0.717) is 19.0 Å². The van der Waals surface area contributed by atoms with Crippen LogP contribution in [0.25, 0.3) is 0 Å². The summed E-state index contributed by atoms with van der Waals surface area (Å²) in [5.41, 5.74) is 3.42. The fourth-order valence-electron chi connectivity index (χ4n) is 3.28. The summed E-state index contributed by atoms with van der Waals surface area (Å²) < 4.78 is 0.